The van der Waals surface area contributed by atoms with Crippen molar-refractivity contribution >= 4 is 5.97 Å². The molecule has 2 aromatic carbocycles. The van der Waals surface area contributed by atoms with E-state index >= 15 is 0 Å². The number of methoxy groups -OCH3 is 1. The van der Waals surface area contributed by atoms with Crippen LogP contribution in [0.15, 0.2) is 48.7 Å². The van der Waals surface area contributed by atoms with Crippen molar-refractivity contribution < 1.29 is 32.2 Å². The summed E-state index contributed by atoms with van der Waals surface area (Å²) < 4.78 is 60.7. The smallest absolute Gasteiger partial charge is 0.416 e. The summed E-state index contributed by atoms with van der Waals surface area (Å²) in [6.07, 6.45) is -1.57. The van der Waals surface area contributed by atoms with E-state index in [1.165, 1.54) is 6.07 Å². The molecule has 0 amide bonds. The van der Waals surface area contributed by atoms with Crippen LogP contribution in [0.4, 0.5) is 13.2 Å². The highest BCUT2D eigenvalue weighted by molar-refractivity contribution is 5.91. The lowest BCUT2D eigenvalue weighted by Gasteiger charge is -2.31. The number of carbonyl (C=O) groups excluding carboxylic acids is 1. The third-order valence-corrected chi connectivity index (χ3v) is 6.53. The molecule has 0 bridgehead atoms. The second-order valence-corrected chi connectivity index (χ2v) is 10.6. The van der Waals surface area contributed by atoms with Crippen LogP contribution < -0.4 is 4.74 Å². The van der Waals surface area contributed by atoms with Gasteiger partial charge in [-0.25, -0.2) is 4.79 Å². The summed E-state index contributed by atoms with van der Waals surface area (Å²) >= 11 is 0. The van der Waals surface area contributed by atoms with Crippen LogP contribution >= 0.6 is 0 Å². The predicted octanol–water partition coefficient (Wildman–Crippen LogP) is 7.74. The Hall–Kier alpha value is -3.39. The first kappa shape index (κ1) is 28.6. The Morgan fingerprint density at radius 3 is 2.51 bits per heavy atom. The van der Waals surface area contributed by atoms with Crippen LogP contribution in [0.5, 0.6) is 5.75 Å². The molecule has 0 radical (unpaired) electrons. The Bertz CT molecular complexity index is 1340. The SMILES string of the molecule is CCCc1cc(-c2ccc(C(F)(F)F)c(C(OC(C)(C)C)C(=O)OC)c2-c2ccc3c(c2)CCCO3)ccn1. The van der Waals surface area contributed by atoms with E-state index in [1.54, 1.807) is 45.2 Å². The Labute approximate surface area is 227 Å². The van der Waals surface area contributed by atoms with Crippen LogP contribution in [0.25, 0.3) is 22.3 Å². The highest BCUT2D eigenvalue weighted by atomic mass is 19.4. The lowest BCUT2D eigenvalue weighted by Crippen LogP contribution is -2.30. The summed E-state index contributed by atoms with van der Waals surface area (Å²) in [7, 11) is 1.15. The van der Waals surface area contributed by atoms with Crippen molar-refractivity contribution in [2.24, 2.45) is 0 Å². The number of halogens is 3. The molecule has 39 heavy (non-hydrogen) atoms. The molecule has 0 fully saturated rings. The Morgan fingerprint density at radius 2 is 1.85 bits per heavy atom. The van der Waals surface area contributed by atoms with Gasteiger partial charge in [-0.1, -0.05) is 25.5 Å². The van der Waals surface area contributed by atoms with Gasteiger partial charge in [0, 0.05) is 17.5 Å². The van der Waals surface area contributed by atoms with Gasteiger partial charge in [0.15, 0.2) is 6.10 Å². The first-order valence-electron chi connectivity index (χ1n) is 13.1. The first-order valence-corrected chi connectivity index (χ1v) is 13.1. The maximum atomic E-state index is 14.6. The third kappa shape index (κ3) is 6.44. The molecule has 1 aliphatic heterocycles. The summed E-state index contributed by atoms with van der Waals surface area (Å²) in [4.78, 5) is 17.6. The molecule has 0 saturated carbocycles. The van der Waals surface area contributed by atoms with E-state index in [9.17, 15) is 18.0 Å². The molecule has 3 aromatic rings. The number of aromatic nitrogens is 1. The van der Waals surface area contributed by atoms with Gasteiger partial charge >= 0.3 is 12.1 Å². The maximum Gasteiger partial charge on any atom is 0.416 e. The quantitative estimate of drug-likeness (QED) is 0.286. The second kappa shape index (κ2) is 11.4. The van der Waals surface area contributed by atoms with Crippen LogP contribution in [0.3, 0.4) is 0 Å². The normalized spacial score (nSPS) is 14.4. The average Bonchev–Trinajstić information content (AvgIpc) is 2.89. The van der Waals surface area contributed by atoms with Crippen LogP contribution in [0.2, 0.25) is 0 Å². The minimum Gasteiger partial charge on any atom is -0.493 e. The Balaban J connectivity index is 2.11. The van der Waals surface area contributed by atoms with Crippen molar-refractivity contribution in [2.45, 2.75) is 71.3 Å². The number of alkyl halides is 3. The molecule has 1 unspecified atom stereocenters. The van der Waals surface area contributed by atoms with E-state index < -0.39 is 29.4 Å². The van der Waals surface area contributed by atoms with E-state index in [0.717, 1.165) is 50.1 Å². The summed E-state index contributed by atoms with van der Waals surface area (Å²) in [6, 6.07) is 11.5. The van der Waals surface area contributed by atoms with Gasteiger partial charge in [-0.2, -0.15) is 13.2 Å². The molecule has 2 heterocycles. The fourth-order valence-corrected chi connectivity index (χ4v) is 4.93. The van der Waals surface area contributed by atoms with E-state index in [4.69, 9.17) is 14.2 Å². The van der Waals surface area contributed by atoms with Crippen molar-refractivity contribution in [3.8, 4) is 28.0 Å². The fraction of sp³-hybridized carbons (Fsp3) is 0.419. The zero-order valence-electron chi connectivity index (χ0n) is 22.9. The van der Waals surface area contributed by atoms with Gasteiger partial charge in [0.2, 0.25) is 0 Å². The topological polar surface area (TPSA) is 57.7 Å². The third-order valence-electron chi connectivity index (χ3n) is 6.53. The van der Waals surface area contributed by atoms with Gasteiger partial charge in [-0.3, -0.25) is 4.98 Å². The molecule has 8 heteroatoms. The highest BCUT2D eigenvalue weighted by Gasteiger charge is 2.42. The Morgan fingerprint density at radius 1 is 1.08 bits per heavy atom. The zero-order chi connectivity index (χ0) is 28.4. The van der Waals surface area contributed by atoms with Crippen molar-refractivity contribution in [3.63, 3.8) is 0 Å². The number of benzene rings is 2. The molecule has 1 aliphatic rings. The average molecular weight is 542 g/mol. The number of aryl methyl sites for hydroxylation is 2. The predicted molar refractivity (Wildman–Crippen MR) is 144 cm³/mol. The van der Waals surface area contributed by atoms with Gasteiger partial charge in [-0.05, 0) is 98.2 Å². The molecular weight excluding hydrogens is 507 g/mol. The number of pyridine rings is 1. The minimum absolute atomic E-state index is 0.270. The minimum atomic E-state index is -4.75. The standard InChI is InChI=1S/C31H34F3NO4/c1-6-8-22-18-19(14-15-35-22)23-11-12-24(31(32,33)34)27(28(29(36)37-5)39-30(2,3)4)26(23)21-10-13-25-20(17-21)9-7-16-38-25/h10-15,17-18,28H,6-9,16H2,1-5H3. The second-order valence-electron chi connectivity index (χ2n) is 10.6. The van der Waals surface area contributed by atoms with E-state index in [1.807, 2.05) is 19.1 Å². The zero-order valence-corrected chi connectivity index (χ0v) is 22.9. The number of hydrogen-bond donors (Lipinski definition) is 0. The van der Waals surface area contributed by atoms with Crippen molar-refractivity contribution in [1.29, 1.82) is 0 Å². The molecule has 0 spiro atoms. The molecule has 5 nitrogen and oxygen atoms in total. The van der Waals surface area contributed by atoms with Gasteiger partial charge < -0.3 is 14.2 Å². The van der Waals surface area contributed by atoms with Gasteiger partial charge in [0.25, 0.3) is 0 Å². The first-order chi connectivity index (χ1) is 18.4. The Kier molecular flexibility index (Phi) is 8.35. The van der Waals surface area contributed by atoms with Crippen LogP contribution in [0, 0.1) is 0 Å². The number of fused-ring (bicyclic) bond motifs is 1. The fourth-order valence-electron chi connectivity index (χ4n) is 4.93. The number of rotatable bonds is 7. The largest absolute Gasteiger partial charge is 0.493 e. The molecular formula is C31H34F3NO4. The lowest BCUT2D eigenvalue weighted by atomic mass is 9.84. The van der Waals surface area contributed by atoms with Gasteiger partial charge in [-0.15, -0.1) is 0 Å². The number of nitrogens with zero attached hydrogens (tertiary/aromatic N) is 1. The lowest BCUT2D eigenvalue weighted by molar-refractivity contribution is -0.166. The number of carbonyl (C=O) groups is 1. The number of ether oxygens (including phenoxy) is 3. The van der Waals surface area contributed by atoms with E-state index in [-0.39, 0.29) is 11.1 Å². The highest BCUT2D eigenvalue weighted by Crippen LogP contribution is 2.47. The number of hydrogen-bond acceptors (Lipinski definition) is 5. The van der Waals surface area contributed by atoms with Gasteiger partial charge in [0.1, 0.15) is 5.75 Å². The van der Waals surface area contributed by atoms with Crippen LogP contribution in [-0.2, 0) is 33.3 Å². The van der Waals surface area contributed by atoms with Crippen LogP contribution in [-0.4, -0.2) is 30.3 Å². The molecule has 0 saturated heterocycles. The molecule has 4 rings (SSSR count). The van der Waals surface area contributed by atoms with E-state index in [2.05, 4.69) is 4.98 Å². The molecule has 0 N–H and O–H groups in total. The van der Waals surface area contributed by atoms with Crippen molar-refractivity contribution in [1.82, 2.24) is 4.98 Å². The van der Waals surface area contributed by atoms with Crippen LogP contribution in [0.1, 0.15) is 69.0 Å². The number of esters is 1. The van der Waals surface area contributed by atoms with E-state index in [0.29, 0.717) is 29.0 Å². The molecule has 208 valence electrons. The van der Waals surface area contributed by atoms with Crippen molar-refractivity contribution in [3.05, 3.63) is 71.0 Å². The summed E-state index contributed by atoms with van der Waals surface area (Å²) in [5.74, 6) is -0.193. The maximum absolute atomic E-state index is 14.6. The van der Waals surface area contributed by atoms with Crippen molar-refractivity contribution in [2.75, 3.05) is 13.7 Å². The molecule has 1 aromatic heterocycles. The van der Waals surface area contributed by atoms with Gasteiger partial charge in [0.05, 0.1) is 24.9 Å². The summed E-state index contributed by atoms with van der Waals surface area (Å²) in [6.45, 7) is 7.70. The summed E-state index contributed by atoms with van der Waals surface area (Å²) in [5.41, 5.74) is 1.63. The monoisotopic (exact) mass is 541 g/mol. The molecule has 0 aliphatic carbocycles. The summed E-state index contributed by atoms with van der Waals surface area (Å²) in [5, 5.41) is 0. The molecule has 1 atom stereocenters.